The predicted molar refractivity (Wildman–Crippen MR) is 69.6 cm³/mol. The lowest BCUT2D eigenvalue weighted by Gasteiger charge is -2.15. The van der Waals surface area contributed by atoms with E-state index in [9.17, 15) is 0 Å². The van der Waals surface area contributed by atoms with Gasteiger partial charge in [-0.1, -0.05) is 45.0 Å². The third kappa shape index (κ3) is 2.85. The second kappa shape index (κ2) is 5.01. The van der Waals surface area contributed by atoms with Gasteiger partial charge in [0.2, 0.25) is 0 Å². The van der Waals surface area contributed by atoms with Crippen LogP contribution in [-0.4, -0.2) is 18.0 Å². The lowest BCUT2D eigenvalue weighted by Crippen LogP contribution is -2.19. The van der Waals surface area contributed by atoms with E-state index in [0.717, 1.165) is 12.5 Å². The average molecular weight is 217 g/mol. The predicted octanol–water partition coefficient (Wildman–Crippen LogP) is 3.65. The van der Waals surface area contributed by atoms with Gasteiger partial charge in [0.05, 0.1) is 0 Å². The highest BCUT2D eigenvalue weighted by molar-refractivity contribution is 5.24. The van der Waals surface area contributed by atoms with Crippen LogP contribution in [0.25, 0.3) is 0 Å². The van der Waals surface area contributed by atoms with Gasteiger partial charge < -0.3 is 0 Å². The van der Waals surface area contributed by atoms with Crippen molar-refractivity contribution in [3.63, 3.8) is 0 Å². The topological polar surface area (TPSA) is 3.24 Å². The normalized spacial score (nSPS) is 21.9. The van der Waals surface area contributed by atoms with Crippen molar-refractivity contribution in [1.29, 1.82) is 0 Å². The summed E-state index contributed by atoms with van der Waals surface area (Å²) in [6.45, 7) is 10.5. The van der Waals surface area contributed by atoms with Gasteiger partial charge >= 0.3 is 0 Å². The number of hydrogen-bond acceptors (Lipinski definition) is 1. The number of nitrogens with zero attached hydrogens (tertiary/aromatic N) is 1. The van der Waals surface area contributed by atoms with Crippen molar-refractivity contribution >= 4 is 0 Å². The molecule has 2 rings (SSSR count). The Morgan fingerprint density at radius 2 is 1.94 bits per heavy atom. The molecule has 16 heavy (non-hydrogen) atoms. The van der Waals surface area contributed by atoms with E-state index < -0.39 is 0 Å². The van der Waals surface area contributed by atoms with Crippen molar-refractivity contribution < 1.29 is 0 Å². The van der Waals surface area contributed by atoms with Crippen LogP contribution >= 0.6 is 0 Å². The van der Waals surface area contributed by atoms with E-state index in [-0.39, 0.29) is 0 Å². The van der Waals surface area contributed by atoms with Crippen molar-refractivity contribution in [3.05, 3.63) is 35.4 Å². The molecule has 1 aromatic rings. The molecule has 1 fully saturated rings. The summed E-state index contributed by atoms with van der Waals surface area (Å²) in [5.74, 6) is 1.52. The number of rotatable bonds is 3. The van der Waals surface area contributed by atoms with Gasteiger partial charge in [-0.25, -0.2) is 0 Å². The van der Waals surface area contributed by atoms with Crippen LogP contribution in [0.5, 0.6) is 0 Å². The zero-order valence-corrected chi connectivity index (χ0v) is 10.7. The molecule has 0 spiro atoms. The summed E-state index contributed by atoms with van der Waals surface area (Å²) in [7, 11) is 0. The molecule has 1 heteroatoms. The zero-order chi connectivity index (χ0) is 11.5. The average Bonchev–Trinajstić information content (AvgIpc) is 2.65. The summed E-state index contributed by atoms with van der Waals surface area (Å²) in [5.41, 5.74) is 2.90. The van der Waals surface area contributed by atoms with Crippen molar-refractivity contribution in [2.24, 2.45) is 5.92 Å². The molecule has 0 saturated carbocycles. The first-order valence-electron chi connectivity index (χ1n) is 6.46. The van der Waals surface area contributed by atoms with E-state index in [0.29, 0.717) is 5.92 Å². The highest BCUT2D eigenvalue weighted by atomic mass is 15.1. The zero-order valence-electron chi connectivity index (χ0n) is 10.7. The summed E-state index contributed by atoms with van der Waals surface area (Å²) >= 11 is 0. The largest absolute Gasteiger partial charge is 0.299 e. The lowest BCUT2D eigenvalue weighted by molar-refractivity contribution is 0.320. The van der Waals surface area contributed by atoms with Gasteiger partial charge in [-0.05, 0) is 35.9 Å². The maximum atomic E-state index is 2.56. The van der Waals surface area contributed by atoms with Gasteiger partial charge in [-0.3, -0.25) is 4.90 Å². The fourth-order valence-electron chi connectivity index (χ4n) is 2.44. The monoisotopic (exact) mass is 217 g/mol. The highest BCUT2D eigenvalue weighted by Crippen LogP contribution is 2.19. The SMILES string of the molecule is CC1CCN(Cc2ccc(C(C)C)cc2)C1. The van der Waals surface area contributed by atoms with Crippen molar-refractivity contribution in [2.45, 2.75) is 39.7 Å². The first-order chi connectivity index (χ1) is 7.65. The Morgan fingerprint density at radius 1 is 1.25 bits per heavy atom. The van der Waals surface area contributed by atoms with Gasteiger partial charge in [0, 0.05) is 13.1 Å². The van der Waals surface area contributed by atoms with Gasteiger partial charge in [0.15, 0.2) is 0 Å². The first-order valence-corrected chi connectivity index (χ1v) is 6.46. The maximum Gasteiger partial charge on any atom is 0.0233 e. The molecule has 0 bridgehead atoms. The van der Waals surface area contributed by atoms with Crippen LogP contribution in [0.15, 0.2) is 24.3 Å². The lowest BCUT2D eigenvalue weighted by atomic mass is 10.0. The molecule has 88 valence electrons. The molecule has 0 radical (unpaired) electrons. The molecule has 1 atom stereocenters. The number of likely N-dealkylation sites (tertiary alicyclic amines) is 1. The second-order valence-corrected chi connectivity index (χ2v) is 5.53. The molecular weight excluding hydrogens is 194 g/mol. The van der Waals surface area contributed by atoms with Crippen LogP contribution in [-0.2, 0) is 6.54 Å². The summed E-state index contributed by atoms with van der Waals surface area (Å²) in [6.07, 6.45) is 1.37. The maximum absolute atomic E-state index is 2.56. The molecule has 1 unspecified atom stereocenters. The van der Waals surface area contributed by atoms with E-state index in [4.69, 9.17) is 0 Å². The van der Waals surface area contributed by atoms with Crippen molar-refractivity contribution in [1.82, 2.24) is 4.90 Å². The molecule has 1 aliphatic heterocycles. The Labute approximate surface area is 99.5 Å². The van der Waals surface area contributed by atoms with E-state index in [1.165, 1.54) is 30.6 Å². The molecule has 0 aliphatic carbocycles. The van der Waals surface area contributed by atoms with Gasteiger partial charge in [0.25, 0.3) is 0 Å². The molecule has 1 nitrogen and oxygen atoms in total. The molecule has 0 N–H and O–H groups in total. The van der Waals surface area contributed by atoms with Crippen LogP contribution in [0.4, 0.5) is 0 Å². The Balaban J connectivity index is 1.95. The van der Waals surface area contributed by atoms with Gasteiger partial charge in [-0.2, -0.15) is 0 Å². The molecule has 1 aromatic carbocycles. The summed E-state index contributed by atoms with van der Waals surface area (Å²) < 4.78 is 0. The summed E-state index contributed by atoms with van der Waals surface area (Å²) in [4.78, 5) is 2.56. The molecular formula is C15H23N. The van der Waals surface area contributed by atoms with Crippen LogP contribution in [0.3, 0.4) is 0 Å². The van der Waals surface area contributed by atoms with Gasteiger partial charge in [0.1, 0.15) is 0 Å². The minimum atomic E-state index is 0.640. The second-order valence-electron chi connectivity index (χ2n) is 5.53. The fourth-order valence-corrected chi connectivity index (χ4v) is 2.44. The van der Waals surface area contributed by atoms with Gasteiger partial charge in [-0.15, -0.1) is 0 Å². The molecule has 0 amide bonds. The number of hydrogen-bond donors (Lipinski definition) is 0. The molecule has 0 aromatic heterocycles. The third-order valence-electron chi connectivity index (χ3n) is 3.56. The quantitative estimate of drug-likeness (QED) is 0.747. The minimum absolute atomic E-state index is 0.640. The Hall–Kier alpha value is -0.820. The smallest absolute Gasteiger partial charge is 0.0233 e. The van der Waals surface area contributed by atoms with E-state index in [2.05, 4.69) is 49.9 Å². The summed E-state index contributed by atoms with van der Waals surface area (Å²) in [5, 5.41) is 0. The number of benzene rings is 1. The fraction of sp³-hybridized carbons (Fsp3) is 0.600. The Bertz CT molecular complexity index is 326. The summed E-state index contributed by atoms with van der Waals surface area (Å²) in [6, 6.07) is 9.13. The van der Waals surface area contributed by atoms with Crippen molar-refractivity contribution in [2.75, 3.05) is 13.1 Å². The van der Waals surface area contributed by atoms with E-state index in [1.807, 2.05) is 0 Å². The van der Waals surface area contributed by atoms with Crippen LogP contribution in [0, 0.1) is 5.92 Å². The first kappa shape index (κ1) is 11.7. The van der Waals surface area contributed by atoms with E-state index >= 15 is 0 Å². The molecule has 1 aliphatic rings. The van der Waals surface area contributed by atoms with Crippen LogP contribution in [0.1, 0.15) is 44.2 Å². The Morgan fingerprint density at radius 3 is 2.44 bits per heavy atom. The highest BCUT2D eigenvalue weighted by Gasteiger charge is 2.18. The minimum Gasteiger partial charge on any atom is -0.299 e. The molecule has 1 saturated heterocycles. The third-order valence-corrected chi connectivity index (χ3v) is 3.56. The Kier molecular flexibility index (Phi) is 3.65. The van der Waals surface area contributed by atoms with Crippen LogP contribution in [0.2, 0.25) is 0 Å². The van der Waals surface area contributed by atoms with Crippen molar-refractivity contribution in [3.8, 4) is 0 Å². The van der Waals surface area contributed by atoms with Crippen LogP contribution < -0.4 is 0 Å². The molecule has 1 heterocycles. The van der Waals surface area contributed by atoms with E-state index in [1.54, 1.807) is 0 Å². The standard InChI is InChI=1S/C15H23N/c1-12(2)15-6-4-14(5-7-15)11-16-9-8-13(3)10-16/h4-7,12-13H,8-11H2,1-3H3.